The van der Waals surface area contributed by atoms with E-state index in [1.807, 2.05) is 61.0 Å². The molecule has 4 rings (SSSR count). The molecule has 166 valence electrons. The Hall–Kier alpha value is -3.55. The number of benzene rings is 2. The Morgan fingerprint density at radius 3 is 2.41 bits per heavy atom. The Labute approximate surface area is 186 Å². The highest BCUT2D eigenvalue weighted by atomic mass is 16.2. The average Bonchev–Trinajstić information content (AvgIpc) is 3.18. The predicted molar refractivity (Wildman–Crippen MR) is 124 cm³/mol. The number of hydrogen-bond acceptors (Lipinski definition) is 5. The highest BCUT2D eigenvalue weighted by molar-refractivity contribution is 5.88. The van der Waals surface area contributed by atoms with Crippen LogP contribution in [0.5, 0.6) is 0 Å². The molecule has 0 aliphatic heterocycles. The summed E-state index contributed by atoms with van der Waals surface area (Å²) in [4.78, 5) is 25.8. The van der Waals surface area contributed by atoms with Crippen molar-refractivity contribution < 1.29 is 4.79 Å². The van der Waals surface area contributed by atoms with Crippen molar-refractivity contribution in [3.63, 3.8) is 0 Å². The summed E-state index contributed by atoms with van der Waals surface area (Å²) in [6.07, 6.45) is 0.0921. The van der Waals surface area contributed by atoms with Crippen LogP contribution in [-0.2, 0) is 17.8 Å². The molecule has 2 aromatic carbocycles. The van der Waals surface area contributed by atoms with Gasteiger partial charge in [-0.25, -0.2) is 9.36 Å². The lowest BCUT2D eigenvalue weighted by molar-refractivity contribution is -0.121. The quantitative estimate of drug-likeness (QED) is 0.484. The van der Waals surface area contributed by atoms with Crippen molar-refractivity contribution in [3.8, 4) is 0 Å². The Bertz CT molecular complexity index is 1320. The van der Waals surface area contributed by atoms with Gasteiger partial charge < -0.3 is 5.32 Å². The molecule has 0 saturated heterocycles. The van der Waals surface area contributed by atoms with Gasteiger partial charge in [0.1, 0.15) is 5.52 Å². The molecule has 0 aliphatic rings. The van der Waals surface area contributed by atoms with Crippen LogP contribution in [0.25, 0.3) is 21.8 Å². The standard InChI is InChI=1S/C24H28N6O2/c1-15(2)21(14-29-22-12-8-7-11-19(22)26-28-29)25-23(31)13-20-17-9-5-6-10-18(17)24(32)30(27-20)16(3)4/h5-12,15-16,21H,13-14H2,1-4H3,(H,25,31)/t21-/m1/s1. The molecular weight excluding hydrogens is 404 g/mol. The van der Waals surface area contributed by atoms with Crippen LogP contribution in [0.3, 0.4) is 0 Å². The van der Waals surface area contributed by atoms with Crippen LogP contribution in [0.15, 0.2) is 53.3 Å². The minimum Gasteiger partial charge on any atom is -0.351 e. The van der Waals surface area contributed by atoms with Crippen molar-refractivity contribution in [2.24, 2.45) is 5.92 Å². The number of hydrogen-bond donors (Lipinski definition) is 1. The summed E-state index contributed by atoms with van der Waals surface area (Å²) in [5.41, 5.74) is 2.22. The Balaban J connectivity index is 1.58. The molecule has 8 heteroatoms. The van der Waals surface area contributed by atoms with Gasteiger partial charge >= 0.3 is 0 Å². The van der Waals surface area contributed by atoms with E-state index < -0.39 is 0 Å². The molecular formula is C24H28N6O2. The maximum Gasteiger partial charge on any atom is 0.274 e. The second-order valence-electron chi connectivity index (χ2n) is 8.69. The number of nitrogens with zero attached hydrogens (tertiary/aromatic N) is 5. The van der Waals surface area contributed by atoms with Crippen molar-refractivity contribution in [3.05, 3.63) is 64.6 Å². The van der Waals surface area contributed by atoms with Gasteiger partial charge in [0.05, 0.1) is 41.6 Å². The first-order valence-electron chi connectivity index (χ1n) is 10.9. The van der Waals surface area contributed by atoms with Crippen LogP contribution < -0.4 is 10.9 Å². The fraction of sp³-hybridized carbons (Fsp3) is 0.375. The van der Waals surface area contributed by atoms with Gasteiger partial charge in [-0.2, -0.15) is 5.10 Å². The van der Waals surface area contributed by atoms with Crippen LogP contribution >= 0.6 is 0 Å². The van der Waals surface area contributed by atoms with Crippen LogP contribution in [-0.4, -0.2) is 36.7 Å². The third kappa shape index (κ3) is 4.26. The molecule has 0 saturated carbocycles. The first-order chi connectivity index (χ1) is 15.3. The highest BCUT2D eigenvalue weighted by Gasteiger charge is 2.21. The highest BCUT2D eigenvalue weighted by Crippen LogP contribution is 2.16. The first kappa shape index (κ1) is 21.7. The van der Waals surface area contributed by atoms with Gasteiger partial charge in [0.2, 0.25) is 5.91 Å². The summed E-state index contributed by atoms with van der Waals surface area (Å²) in [5, 5.41) is 17.4. The van der Waals surface area contributed by atoms with Gasteiger partial charge in [-0.3, -0.25) is 9.59 Å². The molecule has 8 nitrogen and oxygen atoms in total. The van der Waals surface area contributed by atoms with E-state index in [9.17, 15) is 9.59 Å². The lowest BCUT2D eigenvalue weighted by Gasteiger charge is -2.23. The number of carbonyl (C=O) groups is 1. The molecule has 0 radical (unpaired) electrons. The van der Waals surface area contributed by atoms with Gasteiger partial charge in [-0.1, -0.05) is 49.4 Å². The first-order valence-corrected chi connectivity index (χ1v) is 10.9. The largest absolute Gasteiger partial charge is 0.351 e. The smallest absolute Gasteiger partial charge is 0.274 e. The van der Waals surface area contributed by atoms with Crippen molar-refractivity contribution >= 4 is 27.7 Å². The number of rotatable bonds is 7. The van der Waals surface area contributed by atoms with Crippen LogP contribution in [0.1, 0.15) is 39.4 Å². The van der Waals surface area contributed by atoms with E-state index in [0.717, 1.165) is 11.0 Å². The molecule has 0 fully saturated rings. The van der Waals surface area contributed by atoms with Crippen LogP contribution in [0, 0.1) is 5.92 Å². The summed E-state index contributed by atoms with van der Waals surface area (Å²) < 4.78 is 3.28. The predicted octanol–water partition coefficient (Wildman–Crippen LogP) is 3.11. The zero-order chi connectivity index (χ0) is 22.8. The number of nitrogens with one attached hydrogen (secondary N) is 1. The SMILES string of the molecule is CC(C)[C@@H](Cn1nnc2ccccc21)NC(=O)Cc1nn(C(C)C)c(=O)c2ccccc12. The molecule has 2 aromatic heterocycles. The Morgan fingerprint density at radius 2 is 1.69 bits per heavy atom. The maximum atomic E-state index is 13.0. The molecule has 1 amide bonds. The fourth-order valence-corrected chi connectivity index (χ4v) is 3.83. The molecule has 0 unspecified atom stereocenters. The van der Waals surface area contributed by atoms with Crippen molar-refractivity contribution in [2.75, 3.05) is 0 Å². The number of para-hydroxylation sites is 1. The monoisotopic (exact) mass is 432 g/mol. The third-order valence-electron chi connectivity index (χ3n) is 5.66. The summed E-state index contributed by atoms with van der Waals surface area (Å²) >= 11 is 0. The lowest BCUT2D eigenvalue weighted by Crippen LogP contribution is -2.42. The second kappa shape index (κ2) is 8.90. The van der Waals surface area contributed by atoms with Crippen molar-refractivity contribution in [1.29, 1.82) is 0 Å². The second-order valence-corrected chi connectivity index (χ2v) is 8.69. The number of amides is 1. The molecule has 0 bridgehead atoms. The summed E-state index contributed by atoms with van der Waals surface area (Å²) in [6, 6.07) is 14.9. The summed E-state index contributed by atoms with van der Waals surface area (Å²) in [6.45, 7) is 8.46. The Kier molecular flexibility index (Phi) is 6.03. The molecule has 1 N–H and O–H groups in total. The minimum atomic E-state index is -0.141. The van der Waals surface area contributed by atoms with Gasteiger partial charge in [0.15, 0.2) is 0 Å². The summed E-state index contributed by atoms with van der Waals surface area (Å²) in [5.74, 6) is 0.0518. The molecule has 0 spiro atoms. The zero-order valence-electron chi connectivity index (χ0n) is 18.8. The van der Waals surface area contributed by atoms with Gasteiger partial charge in [0, 0.05) is 5.39 Å². The molecule has 1 atom stereocenters. The Morgan fingerprint density at radius 1 is 1.00 bits per heavy atom. The van der Waals surface area contributed by atoms with Gasteiger partial charge in [-0.05, 0) is 38.0 Å². The third-order valence-corrected chi connectivity index (χ3v) is 5.66. The van der Waals surface area contributed by atoms with Crippen LogP contribution in [0.4, 0.5) is 0 Å². The van der Waals surface area contributed by atoms with Crippen LogP contribution in [0.2, 0.25) is 0 Å². The van der Waals surface area contributed by atoms with E-state index in [1.165, 1.54) is 4.68 Å². The average molecular weight is 433 g/mol. The molecule has 4 aromatic rings. The van der Waals surface area contributed by atoms with E-state index >= 15 is 0 Å². The summed E-state index contributed by atoms with van der Waals surface area (Å²) in [7, 11) is 0. The van der Waals surface area contributed by atoms with Gasteiger partial charge in [-0.15, -0.1) is 5.10 Å². The molecule has 32 heavy (non-hydrogen) atoms. The molecule has 2 heterocycles. The number of aromatic nitrogens is 5. The van der Waals surface area contributed by atoms with E-state index in [1.54, 1.807) is 6.07 Å². The fourth-order valence-electron chi connectivity index (χ4n) is 3.83. The molecule has 0 aliphatic carbocycles. The van der Waals surface area contributed by atoms with E-state index in [2.05, 4.69) is 34.6 Å². The number of fused-ring (bicyclic) bond motifs is 2. The van der Waals surface area contributed by atoms with E-state index in [4.69, 9.17) is 0 Å². The van der Waals surface area contributed by atoms with E-state index in [0.29, 0.717) is 23.0 Å². The topological polar surface area (TPSA) is 94.7 Å². The minimum absolute atomic E-state index is 0.0921. The normalized spacial score (nSPS) is 12.7. The number of carbonyl (C=O) groups excluding carboxylic acids is 1. The lowest BCUT2D eigenvalue weighted by atomic mass is 10.0. The maximum absolute atomic E-state index is 13.0. The van der Waals surface area contributed by atoms with Crippen molar-refractivity contribution in [2.45, 2.75) is 52.7 Å². The zero-order valence-corrected chi connectivity index (χ0v) is 18.8. The van der Waals surface area contributed by atoms with Gasteiger partial charge in [0.25, 0.3) is 5.56 Å². The van der Waals surface area contributed by atoms with Crippen molar-refractivity contribution in [1.82, 2.24) is 30.1 Å². The van der Waals surface area contributed by atoms with E-state index in [-0.39, 0.29) is 35.9 Å².